The Morgan fingerprint density at radius 3 is 2.78 bits per heavy atom. The maximum atomic E-state index is 5.89. The molecule has 0 bridgehead atoms. The number of hydrogen-bond donors (Lipinski definition) is 3. The van der Waals surface area contributed by atoms with Gasteiger partial charge in [0.05, 0.1) is 0 Å². The molecular weight excluding hydrogens is 280 g/mol. The second-order valence-corrected chi connectivity index (χ2v) is 7.71. The number of rotatable bonds is 11. The fourth-order valence-electron chi connectivity index (χ4n) is 1.16. The van der Waals surface area contributed by atoms with Crippen molar-refractivity contribution in [3.05, 3.63) is 24.8 Å². The van der Waals surface area contributed by atoms with Crippen molar-refractivity contribution in [3.8, 4) is 0 Å². The molecule has 0 aliphatic heterocycles. The molecule has 0 aliphatic rings. The first-order valence-electron chi connectivity index (χ1n) is 6.08. The van der Waals surface area contributed by atoms with E-state index in [0.717, 1.165) is 30.0 Å². The molecule has 0 aromatic carbocycles. The van der Waals surface area contributed by atoms with Crippen molar-refractivity contribution < 1.29 is 0 Å². The Morgan fingerprint density at radius 1 is 1.61 bits per heavy atom. The van der Waals surface area contributed by atoms with E-state index in [2.05, 4.69) is 37.4 Å². The number of hydrogen-bond acceptors (Lipinski definition) is 5. The molecule has 2 atom stereocenters. The zero-order valence-corrected chi connectivity index (χ0v) is 14.0. The van der Waals surface area contributed by atoms with Crippen LogP contribution in [-0.2, 0) is 0 Å². The first-order valence-corrected chi connectivity index (χ1v) is 8.57. The SMILES string of the molecule is C=CCSNCCC(C)(CN)SCC(S)C(=C)C. The normalized spacial score (nSPS) is 16.0. The van der Waals surface area contributed by atoms with Gasteiger partial charge in [0.15, 0.2) is 0 Å². The van der Waals surface area contributed by atoms with Gasteiger partial charge in [-0.2, -0.15) is 24.4 Å². The largest absolute Gasteiger partial charge is 0.329 e. The first kappa shape index (κ1) is 18.4. The quantitative estimate of drug-likeness (QED) is 0.237. The van der Waals surface area contributed by atoms with Crippen molar-refractivity contribution in [2.75, 3.05) is 24.6 Å². The molecule has 0 saturated carbocycles. The highest BCUT2D eigenvalue weighted by molar-refractivity contribution is 8.01. The molecule has 5 heteroatoms. The molecule has 18 heavy (non-hydrogen) atoms. The topological polar surface area (TPSA) is 38.0 Å². The van der Waals surface area contributed by atoms with Crippen LogP contribution in [0.4, 0.5) is 0 Å². The van der Waals surface area contributed by atoms with Crippen LogP contribution in [0.3, 0.4) is 0 Å². The summed E-state index contributed by atoms with van der Waals surface area (Å²) in [5, 5.41) is 0.254. The van der Waals surface area contributed by atoms with E-state index in [1.807, 2.05) is 24.8 Å². The Morgan fingerprint density at radius 2 is 2.28 bits per heavy atom. The minimum atomic E-state index is 0.109. The third kappa shape index (κ3) is 8.53. The molecule has 0 aliphatic carbocycles. The molecule has 3 N–H and O–H groups in total. The van der Waals surface area contributed by atoms with Gasteiger partial charge in [0.2, 0.25) is 0 Å². The van der Waals surface area contributed by atoms with Crippen molar-refractivity contribution in [2.24, 2.45) is 5.73 Å². The maximum Gasteiger partial charge on any atom is 0.0311 e. The minimum Gasteiger partial charge on any atom is -0.329 e. The molecule has 106 valence electrons. The Hall–Kier alpha value is 0.450. The van der Waals surface area contributed by atoms with Crippen LogP contribution >= 0.6 is 36.3 Å². The van der Waals surface area contributed by atoms with Crippen LogP contribution in [0.5, 0.6) is 0 Å². The average molecular weight is 307 g/mol. The highest BCUT2D eigenvalue weighted by Crippen LogP contribution is 2.30. The third-order valence-electron chi connectivity index (χ3n) is 2.65. The van der Waals surface area contributed by atoms with Crippen LogP contribution in [-0.4, -0.2) is 34.6 Å². The van der Waals surface area contributed by atoms with Crippen molar-refractivity contribution >= 4 is 36.3 Å². The summed E-state index contributed by atoms with van der Waals surface area (Å²) in [7, 11) is 0. The van der Waals surface area contributed by atoms with E-state index in [0.29, 0.717) is 6.54 Å². The van der Waals surface area contributed by atoms with Gasteiger partial charge in [-0.3, -0.25) is 4.72 Å². The summed E-state index contributed by atoms with van der Waals surface area (Å²) < 4.78 is 3.44. The van der Waals surface area contributed by atoms with E-state index >= 15 is 0 Å². The summed E-state index contributed by atoms with van der Waals surface area (Å²) in [6.45, 7) is 13.5. The van der Waals surface area contributed by atoms with Crippen molar-refractivity contribution in [1.82, 2.24) is 4.72 Å². The summed E-state index contributed by atoms with van der Waals surface area (Å²) >= 11 is 8.10. The van der Waals surface area contributed by atoms with Gasteiger partial charge in [-0.1, -0.05) is 30.2 Å². The van der Waals surface area contributed by atoms with Gasteiger partial charge < -0.3 is 5.73 Å². The molecule has 0 spiro atoms. The molecule has 0 saturated heterocycles. The number of thiol groups is 1. The predicted octanol–water partition coefficient (Wildman–Crippen LogP) is 3.13. The van der Waals surface area contributed by atoms with Crippen LogP contribution in [0.25, 0.3) is 0 Å². The van der Waals surface area contributed by atoms with Gasteiger partial charge >= 0.3 is 0 Å². The molecule has 0 rings (SSSR count). The number of nitrogens with one attached hydrogen (secondary N) is 1. The molecule has 0 heterocycles. The maximum absolute atomic E-state index is 5.89. The summed E-state index contributed by atoms with van der Waals surface area (Å²) in [4.78, 5) is 0. The molecule has 2 nitrogen and oxygen atoms in total. The minimum absolute atomic E-state index is 0.109. The lowest BCUT2D eigenvalue weighted by Gasteiger charge is -2.28. The van der Waals surface area contributed by atoms with Crippen LogP contribution in [0.15, 0.2) is 24.8 Å². The smallest absolute Gasteiger partial charge is 0.0311 e. The lowest BCUT2D eigenvalue weighted by Crippen LogP contribution is -2.34. The van der Waals surface area contributed by atoms with Crippen LogP contribution < -0.4 is 10.5 Å². The molecule has 0 amide bonds. The highest BCUT2D eigenvalue weighted by Gasteiger charge is 2.23. The third-order valence-corrected chi connectivity index (χ3v) is 5.90. The van der Waals surface area contributed by atoms with E-state index in [9.17, 15) is 0 Å². The Labute approximate surface area is 126 Å². The van der Waals surface area contributed by atoms with Gasteiger partial charge in [-0.05, 0) is 20.3 Å². The zero-order chi connectivity index (χ0) is 14.0. The van der Waals surface area contributed by atoms with Gasteiger partial charge in [0, 0.05) is 34.6 Å². The fraction of sp³-hybridized carbons (Fsp3) is 0.692. The van der Waals surface area contributed by atoms with E-state index in [1.54, 1.807) is 11.9 Å². The number of nitrogens with two attached hydrogens (primary N) is 1. The Balaban J connectivity index is 3.94. The molecule has 2 unspecified atom stereocenters. The molecule has 0 radical (unpaired) electrons. The van der Waals surface area contributed by atoms with Gasteiger partial charge in [-0.15, -0.1) is 6.58 Å². The lowest BCUT2D eigenvalue weighted by molar-refractivity contribution is 0.594. The summed E-state index contributed by atoms with van der Waals surface area (Å²) in [5.41, 5.74) is 7.01. The van der Waals surface area contributed by atoms with E-state index in [1.165, 1.54) is 0 Å². The molecular formula is C13H26N2S3. The lowest BCUT2D eigenvalue weighted by atomic mass is 10.1. The van der Waals surface area contributed by atoms with Gasteiger partial charge in [0.25, 0.3) is 0 Å². The first-order chi connectivity index (χ1) is 8.45. The average Bonchev–Trinajstić information content (AvgIpc) is 2.35. The van der Waals surface area contributed by atoms with Crippen molar-refractivity contribution in [3.63, 3.8) is 0 Å². The zero-order valence-electron chi connectivity index (χ0n) is 11.4. The standard InChI is InChI=1S/C13H26N2S3/c1-5-8-18-15-7-6-13(4,10-14)17-9-12(16)11(2)3/h5,12,15-16H,1-2,6-10,14H2,3-4H3. The summed E-state index contributed by atoms with van der Waals surface area (Å²) in [6, 6.07) is 0. The van der Waals surface area contributed by atoms with Crippen LogP contribution in [0, 0.1) is 0 Å². The van der Waals surface area contributed by atoms with Crippen molar-refractivity contribution in [1.29, 1.82) is 0 Å². The monoisotopic (exact) mass is 306 g/mol. The molecule has 0 aromatic rings. The molecule has 0 fully saturated rings. The van der Waals surface area contributed by atoms with E-state index < -0.39 is 0 Å². The van der Waals surface area contributed by atoms with Gasteiger partial charge in [-0.25, -0.2) is 0 Å². The number of thioether (sulfide) groups is 1. The van der Waals surface area contributed by atoms with Crippen molar-refractivity contribution in [2.45, 2.75) is 30.3 Å². The summed E-state index contributed by atoms with van der Waals surface area (Å²) in [6.07, 6.45) is 2.95. The van der Waals surface area contributed by atoms with Gasteiger partial charge in [0.1, 0.15) is 0 Å². The highest BCUT2D eigenvalue weighted by atomic mass is 32.2. The van der Waals surface area contributed by atoms with Crippen LogP contribution in [0.1, 0.15) is 20.3 Å². The predicted molar refractivity (Wildman–Crippen MR) is 92.8 cm³/mol. The Bertz CT molecular complexity index is 259. The van der Waals surface area contributed by atoms with Crippen LogP contribution in [0.2, 0.25) is 0 Å². The van der Waals surface area contributed by atoms with E-state index in [4.69, 9.17) is 5.73 Å². The Kier molecular flexibility index (Phi) is 10.5. The second kappa shape index (κ2) is 10.3. The fourth-order valence-corrected chi connectivity index (χ4v) is 3.08. The molecule has 0 aromatic heterocycles. The summed E-state index contributed by atoms with van der Waals surface area (Å²) in [5.74, 6) is 1.90. The second-order valence-electron chi connectivity index (χ2n) is 4.57. The van der Waals surface area contributed by atoms with E-state index in [-0.39, 0.29) is 10.00 Å².